The molecular formula is C11H9N3O3. The summed E-state index contributed by atoms with van der Waals surface area (Å²) in [6.07, 6.45) is 1.25. The molecule has 0 bridgehead atoms. The van der Waals surface area contributed by atoms with E-state index in [0.29, 0.717) is 17.2 Å². The van der Waals surface area contributed by atoms with Crippen LogP contribution in [0.4, 0.5) is 5.69 Å². The zero-order chi connectivity index (χ0) is 12.3. The smallest absolute Gasteiger partial charge is 0.260 e. The Morgan fingerprint density at radius 3 is 2.94 bits per heavy atom. The summed E-state index contributed by atoms with van der Waals surface area (Å²) in [6.45, 7) is 0.194. The first-order valence-corrected chi connectivity index (χ1v) is 4.77. The molecule has 86 valence electrons. The van der Waals surface area contributed by atoms with Gasteiger partial charge in [-0.05, 0) is 12.1 Å². The minimum Gasteiger partial charge on any atom is -0.454 e. The van der Waals surface area contributed by atoms with Crippen LogP contribution in [0.5, 0.6) is 11.5 Å². The number of ether oxygens (including phenoxy) is 2. The highest BCUT2D eigenvalue weighted by Crippen LogP contribution is 2.34. The second-order valence-corrected chi connectivity index (χ2v) is 3.25. The summed E-state index contributed by atoms with van der Waals surface area (Å²) >= 11 is 0. The van der Waals surface area contributed by atoms with Crippen LogP contribution in [0.1, 0.15) is 0 Å². The fraction of sp³-hybridized carbons (Fsp3) is 0.0909. The van der Waals surface area contributed by atoms with E-state index in [1.165, 1.54) is 6.20 Å². The Hall–Kier alpha value is -2.68. The van der Waals surface area contributed by atoms with Crippen LogP contribution in [0.15, 0.2) is 30.0 Å². The van der Waals surface area contributed by atoms with Gasteiger partial charge in [0.05, 0.1) is 0 Å². The molecule has 6 nitrogen and oxygen atoms in total. The lowest BCUT2D eigenvalue weighted by atomic mass is 10.2. The minimum absolute atomic E-state index is 0.150. The minimum atomic E-state index is -0.777. The highest BCUT2D eigenvalue weighted by atomic mass is 16.7. The molecule has 0 fully saturated rings. The predicted molar refractivity (Wildman–Crippen MR) is 59.1 cm³/mol. The number of carbonyl (C=O) groups excluding carboxylic acids is 1. The Bertz CT molecular complexity index is 531. The molecule has 0 aromatic heterocycles. The topological polar surface area (TPSA) is 97.4 Å². The quantitative estimate of drug-likeness (QED) is 0.590. The van der Waals surface area contributed by atoms with Gasteiger partial charge in [0.25, 0.3) is 5.91 Å². The molecule has 0 spiro atoms. The summed E-state index contributed by atoms with van der Waals surface area (Å²) in [6, 6.07) is 6.86. The first kappa shape index (κ1) is 10.8. The van der Waals surface area contributed by atoms with Gasteiger partial charge in [-0.25, -0.2) is 0 Å². The van der Waals surface area contributed by atoms with Crippen LogP contribution in [0.25, 0.3) is 0 Å². The number of anilines is 1. The van der Waals surface area contributed by atoms with Crippen molar-refractivity contribution in [3.8, 4) is 17.6 Å². The summed E-state index contributed by atoms with van der Waals surface area (Å²) in [5.74, 6) is 0.497. The van der Waals surface area contributed by atoms with Crippen molar-refractivity contribution in [2.45, 2.75) is 0 Å². The molecule has 1 amide bonds. The van der Waals surface area contributed by atoms with Gasteiger partial charge in [-0.15, -0.1) is 0 Å². The van der Waals surface area contributed by atoms with Gasteiger partial charge < -0.3 is 20.5 Å². The second kappa shape index (κ2) is 4.45. The summed E-state index contributed by atoms with van der Waals surface area (Å²) in [7, 11) is 0. The van der Waals surface area contributed by atoms with Crippen molar-refractivity contribution in [2.24, 2.45) is 5.73 Å². The first-order chi connectivity index (χ1) is 8.20. The molecule has 1 aromatic carbocycles. The molecule has 1 heterocycles. The van der Waals surface area contributed by atoms with Crippen LogP contribution in [0.3, 0.4) is 0 Å². The number of hydrogen-bond donors (Lipinski definition) is 2. The van der Waals surface area contributed by atoms with Gasteiger partial charge in [0.2, 0.25) is 6.79 Å². The van der Waals surface area contributed by atoms with E-state index >= 15 is 0 Å². The van der Waals surface area contributed by atoms with E-state index in [2.05, 4.69) is 5.32 Å². The maximum Gasteiger partial charge on any atom is 0.260 e. The molecule has 0 atom stereocenters. The molecule has 3 N–H and O–H groups in total. The second-order valence-electron chi connectivity index (χ2n) is 3.25. The molecule has 0 unspecified atom stereocenters. The third kappa shape index (κ3) is 2.29. The normalized spacial score (nSPS) is 13.0. The number of rotatable bonds is 3. The third-order valence-electron chi connectivity index (χ3n) is 2.14. The maximum absolute atomic E-state index is 10.8. The SMILES string of the molecule is N#C/C(=C\Nc1ccc2c(c1)OCO2)C(N)=O. The van der Waals surface area contributed by atoms with E-state index in [1.807, 2.05) is 0 Å². The summed E-state index contributed by atoms with van der Waals surface area (Å²) < 4.78 is 10.3. The Morgan fingerprint density at radius 1 is 1.47 bits per heavy atom. The molecule has 1 aliphatic rings. The molecular weight excluding hydrogens is 222 g/mol. The van der Waals surface area contributed by atoms with Crippen LogP contribution in [-0.4, -0.2) is 12.7 Å². The van der Waals surface area contributed by atoms with E-state index in [9.17, 15) is 4.79 Å². The number of nitrogens with two attached hydrogens (primary N) is 1. The van der Waals surface area contributed by atoms with Gasteiger partial charge in [0.1, 0.15) is 11.6 Å². The van der Waals surface area contributed by atoms with Gasteiger partial charge in [0, 0.05) is 18.0 Å². The number of fused-ring (bicyclic) bond motifs is 1. The van der Waals surface area contributed by atoms with E-state index < -0.39 is 5.91 Å². The molecule has 0 radical (unpaired) electrons. The Kier molecular flexibility index (Phi) is 2.83. The molecule has 2 rings (SSSR count). The monoisotopic (exact) mass is 231 g/mol. The van der Waals surface area contributed by atoms with Crippen LogP contribution in [0, 0.1) is 11.3 Å². The Morgan fingerprint density at radius 2 is 2.24 bits per heavy atom. The van der Waals surface area contributed by atoms with Crippen molar-refractivity contribution in [2.75, 3.05) is 12.1 Å². The highest BCUT2D eigenvalue weighted by Gasteiger charge is 2.12. The van der Waals surface area contributed by atoms with Gasteiger partial charge in [-0.3, -0.25) is 4.79 Å². The van der Waals surface area contributed by atoms with Crippen molar-refractivity contribution < 1.29 is 14.3 Å². The van der Waals surface area contributed by atoms with E-state index in [-0.39, 0.29) is 12.4 Å². The average Bonchev–Trinajstić information content (AvgIpc) is 2.76. The van der Waals surface area contributed by atoms with E-state index in [0.717, 1.165) is 0 Å². The standard InChI is InChI=1S/C11H9N3O3/c12-4-7(11(13)15)5-14-8-1-2-9-10(3-8)17-6-16-9/h1-3,5,14H,6H2,(H2,13,15)/b7-5+. The molecule has 0 saturated heterocycles. The number of carbonyl (C=O) groups is 1. The number of nitrogens with one attached hydrogen (secondary N) is 1. The molecule has 1 aliphatic heterocycles. The highest BCUT2D eigenvalue weighted by molar-refractivity contribution is 5.96. The maximum atomic E-state index is 10.8. The molecule has 6 heteroatoms. The predicted octanol–water partition coefficient (Wildman–Crippen LogP) is 0.720. The lowest BCUT2D eigenvalue weighted by molar-refractivity contribution is -0.114. The Balaban J connectivity index is 2.15. The zero-order valence-electron chi connectivity index (χ0n) is 8.77. The zero-order valence-corrected chi connectivity index (χ0v) is 8.77. The summed E-state index contributed by atoms with van der Waals surface area (Å²) in [5, 5.41) is 11.4. The van der Waals surface area contributed by atoms with Gasteiger partial charge in [-0.1, -0.05) is 0 Å². The Labute approximate surface area is 97.2 Å². The number of amides is 1. The lowest BCUT2D eigenvalue weighted by Crippen LogP contribution is -2.13. The van der Waals surface area contributed by atoms with Crippen molar-refractivity contribution in [3.05, 3.63) is 30.0 Å². The number of nitriles is 1. The molecule has 1 aromatic rings. The fourth-order valence-corrected chi connectivity index (χ4v) is 1.30. The summed E-state index contributed by atoms with van der Waals surface area (Å²) in [5.41, 5.74) is 5.51. The van der Waals surface area contributed by atoms with E-state index in [1.54, 1.807) is 24.3 Å². The number of nitrogens with zero attached hydrogens (tertiary/aromatic N) is 1. The third-order valence-corrected chi connectivity index (χ3v) is 2.14. The number of primary amides is 1. The molecule has 0 saturated carbocycles. The first-order valence-electron chi connectivity index (χ1n) is 4.77. The average molecular weight is 231 g/mol. The number of hydrogen-bond acceptors (Lipinski definition) is 5. The van der Waals surface area contributed by atoms with Gasteiger partial charge in [-0.2, -0.15) is 5.26 Å². The number of benzene rings is 1. The summed E-state index contributed by atoms with van der Waals surface area (Å²) in [4.78, 5) is 10.8. The van der Waals surface area contributed by atoms with Gasteiger partial charge >= 0.3 is 0 Å². The van der Waals surface area contributed by atoms with Gasteiger partial charge in [0.15, 0.2) is 11.5 Å². The van der Waals surface area contributed by atoms with E-state index in [4.69, 9.17) is 20.5 Å². The lowest BCUT2D eigenvalue weighted by Gasteiger charge is -2.02. The van der Waals surface area contributed by atoms with Crippen molar-refractivity contribution in [3.63, 3.8) is 0 Å². The molecule has 17 heavy (non-hydrogen) atoms. The van der Waals surface area contributed by atoms with Crippen LogP contribution < -0.4 is 20.5 Å². The molecule has 0 aliphatic carbocycles. The van der Waals surface area contributed by atoms with Crippen molar-refractivity contribution in [1.29, 1.82) is 5.26 Å². The van der Waals surface area contributed by atoms with Crippen LogP contribution >= 0.6 is 0 Å². The van der Waals surface area contributed by atoms with Crippen LogP contribution in [-0.2, 0) is 4.79 Å². The fourth-order valence-electron chi connectivity index (χ4n) is 1.30. The van der Waals surface area contributed by atoms with Crippen molar-refractivity contribution in [1.82, 2.24) is 0 Å². The van der Waals surface area contributed by atoms with Crippen LogP contribution in [0.2, 0.25) is 0 Å². The largest absolute Gasteiger partial charge is 0.454 e. The van der Waals surface area contributed by atoms with Crippen molar-refractivity contribution >= 4 is 11.6 Å².